The van der Waals surface area contributed by atoms with Gasteiger partial charge in [-0.3, -0.25) is 4.79 Å². The molecule has 0 saturated heterocycles. The number of nitriles is 1. The third kappa shape index (κ3) is 4.30. The Morgan fingerprint density at radius 1 is 1.20 bits per heavy atom. The molecule has 6 heteroatoms. The molecule has 1 amide bonds. The number of anilines is 1. The summed E-state index contributed by atoms with van der Waals surface area (Å²) in [7, 11) is 0. The van der Waals surface area contributed by atoms with Crippen LogP contribution in [0, 0.1) is 18.3 Å². The molecule has 3 aromatic rings. The predicted molar refractivity (Wildman–Crippen MR) is 92.6 cm³/mol. The lowest BCUT2D eigenvalue weighted by atomic mass is 10.1. The van der Waals surface area contributed by atoms with Gasteiger partial charge >= 0.3 is 0 Å². The van der Waals surface area contributed by atoms with E-state index >= 15 is 0 Å². The van der Waals surface area contributed by atoms with E-state index in [0.29, 0.717) is 29.5 Å². The van der Waals surface area contributed by atoms with Crippen molar-refractivity contribution in [2.24, 2.45) is 0 Å². The zero-order valence-electron chi connectivity index (χ0n) is 13.7. The second-order valence-electron chi connectivity index (χ2n) is 5.61. The van der Waals surface area contributed by atoms with E-state index < -0.39 is 0 Å². The average Bonchev–Trinajstić information content (AvgIpc) is 3.10. The fourth-order valence-electron chi connectivity index (χ4n) is 2.28. The summed E-state index contributed by atoms with van der Waals surface area (Å²) in [5.41, 5.74) is 3.09. The van der Waals surface area contributed by atoms with Gasteiger partial charge in [0.25, 0.3) is 0 Å². The Hall–Kier alpha value is -3.46. The van der Waals surface area contributed by atoms with E-state index in [1.165, 1.54) is 0 Å². The smallest absolute Gasteiger partial charge is 0.247 e. The van der Waals surface area contributed by atoms with Crippen LogP contribution in [0.25, 0.3) is 11.5 Å². The van der Waals surface area contributed by atoms with Gasteiger partial charge in [0.05, 0.1) is 11.6 Å². The van der Waals surface area contributed by atoms with Crippen LogP contribution in [0.15, 0.2) is 52.9 Å². The topological polar surface area (TPSA) is 91.8 Å². The molecule has 0 fully saturated rings. The number of carbonyl (C=O) groups is 1. The van der Waals surface area contributed by atoms with Crippen LogP contribution in [0.3, 0.4) is 0 Å². The Kier molecular flexibility index (Phi) is 4.86. The SMILES string of the molecule is Cc1ccc(-c2nnc(CCC(=O)Nc3cccc(C#N)c3)o2)cc1. The number of hydrogen-bond donors (Lipinski definition) is 1. The molecule has 3 rings (SSSR count). The number of nitrogens with one attached hydrogen (secondary N) is 1. The molecule has 0 aliphatic carbocycles. The molecule has 1 heterocycles. The molecule has 25 heavy (non-hydrogen) atoms. The molecule has 1 aromatic heterocycles. The van der Waals surface area contributed by atoms with Crippen LogP contribution in [0.4, 0.5) is 5.69 Å². The summed E-state index contributed by atoms with van der Waals surface area (Å²) < 4.78 is 5.60. The third-order valence-corrected chi connectivity index (χ3v) is 3.61. The van der Waals surface area contributed by atoms with Gasteiger partial charge in [-0.25, -0.2) is 0 Å². The number of benzene rings is 2. The molecule has 1 N–H and O–H groups in total. The zero-order chi connectivity index (χ0) is 17.6. The first-order valence-corrected chi connectivity index (χ1v) is 7.83. The van der Waals surface area contributed by atoms with E-state index in [1.807, 2.05) is 37.3 Å². The molecule has 0 aliphatic heterocycles. The number of carbonyl (C=O) groups excluding carboxylic acids is 1. The highest BCUT2D eigenvalue weighted by atomic mass is 16.4. The number of nitrogens with zero attached hydrogens (tertiary/aromatic N) is 3. The Bertz CT molecular complexity index is 923. The molecule has 0 unspecified atom stereocenters. The monoisotopic (exact) mass is 332 g/mol. The van der Waals surface area contributed by atoms with Crippen molar-refractivity contribution < 1.29 is 9.21 Å². The van der Waals surface area contributed by atoms with E-state index in [4.69, 9.17) is 9.68 Å². The normalized spacial score (nSPS) is 10.2. The highest BCUT2D eigenvalue weighted by molar-refractivity contribution is 5.90. The van der Waals surface area contributed by atoms with Gasteiger partial charge in [0.2, 0.25) is 17.7 Å². The molecule has 124 valence electrons. The van der Waals surface area contributed by atoms with Crippen molar-refractivity contribution in [2.45, 2.75) is 19.8 Å². The largest absolute Gasteiger partial charge is 0.421 e. The molecular formula is C19H16N4O2. The van der Waals surface area contributed by atoms with Crippen molar-refractivity contribution in [3.8, 4) is 17.5 Å². The van der Waals surface area contributed by atoms with Crippen molar-refractivity contribution >= 4 is 11.6 Å². The van der Waals surface area contributed by atoms with Gasteiger partial charge in [-0.2, -0.15) is 5.26 Å². The fourth-order valence-corrected chi connectivity index (χ4v) is 2.28. The third-order valence-electron chi connectivity index (χ3n) is 3.61. The first kappa shape index (κ1) is 16.4. The van der Waals surface area contributed by atoms with Gasteiger partial charge < -0.3 is 9.73 Å². The molecule has 0 radical (unpaired) electrons. The Balaban J connectivity index is 1.57. The van der Waals surface area contributed by atoms with Crippen LogP contribution in [-0.2, 0) is 11.2 Å². The van der Waals surface area contributed by atoms with Crippen molar-refractivity contribution in [3.05, 3.63) is 65.5 Å². The first-order chi connectivity index (χ1) is 12.1. The number of amides is 1. The van der Waals surface area contributed by atoms with Crippen molar-refractivity contribution in [3.63, 3.8) is 0 Å². The minimum Gasteiger partial charge on any atom is -0.421 e. The van der Waals surface area contributed by atoms with Crippen LogP contribution >= 0.6 is 0 Å². The van der Waals surface area contributed by atoms with Crippen molar-refractivity contribution in [1.29, 1.82) is 5.26 Å². The number of rotatable bonds is 5. The van der Waals surface area contributed by atoms with E-state index in [1.54, 1.807) is 24.3 Å². The summed E-state index contributed by atoms with van der Waals surface area (Å²) in [5.74, 6) is 0.679. The molecule has 0 aliphatic rings. The summed E-state index contributed by atoms with van der Waals surface area (Å²) >= 11 is 0. The molecular weight excluding hydrogens is 316 g/mol. The Morgan fingerprint density at radius 3 is 2.76 bits per heavy atom. The molecule has 6 nitrogen and oxygen atoms in total. The highest BCUT2D eigenvalue weighted by Gasteiger charge is 2.11. The lowest BCUT2D eigenvalue weighted by Crippen LogP contribution is -2.12. The summed E-state index contributed by atoms with van der Waals surface area (Å²) in [4.78, 5) is 12.0. The maximum atomic E-state index is 12.0. The van der Waals surface area contributed by atoms with Crippen molar-refractivity contribution in [1.82, 2.24) is 10.2 Å². The average molecular weight is 332 g/mol. The lowest BCUT2D eigenvalue weighted by molar-refractivity contribution is -0.116. The van der Waals surface area contributed by atoms with E-state index in [2.05, 4.69) is 15.5 Å². The van der Waals surface area contributed by atoms with Crippen LogP contribution in [0.1, 0.15) is 23.4 Å². The molecule has 0 saturated carbocycles. The molecule has 0 bridgehead atoms. The maximum Gasteiger partial charge on any atom is 0.247 e. The van der Waals surface area contributed by atoms with Crippen molar-refractivity contribution in [2.75, 3.05) is 5.32 Å². The van der Waals surface area contributed by atoms with Gasteiger partial charge in [0.1, 0.15) is 0 Å². The molecule has 0 atom stereocenters. The minimum absolute atomic E-state index is 0.176. The first-order valence-electron chi connectivity index (χ1n) is 7.83. The number of aryl methyl sites for hydroxylation is 2. The summed E-state index contributed by atoms with van der Waals surface area (Å²) in [6.07, 6.45) is 0.564. The van der Waals surface area contributed by atoms with Gasteiger partial charge in [0, 0.05) is 24.1 Å². The van der Waals surface area contributed by atoms with E-state index in [9.17, 15) is 4.79 Å². The van der Waals surface area contributed by atoms with E-state index in [0.717, 1.165) is 11.1 Å². The van der Waals surface area contributed by atoms with Crippen LogP contribution < -0.4 is 5.32 Å². The lowest BCUT2D eigenvalue weighted by Gasteiger charge is -2.04. The summed E-state index contributed by atoms with van der Waals surface area (Å²) in [6.45, 7) is 2.01. The predicted octanol–water partition coefficient (Wildman–Crippen LogP) is 3.49. The van der Waals surface area contributed by atoms with Gasteiger partial charge in [0.15, 0.2) is 0 Å². The minimum atomic E-state index is -0.176. The standard InChI is InChI=1S/C19H16N4O2/c1-13-5-7-15(8-6-13)19-23-22-18(25-19)10-9-17(24)21-16-4-2-3-14(11-16)12-20/h2-8,11H,9-10H2,1H3,(H,21,24). The van der Waals surface area contributed by atoms with Gasteiger partial charge in [-0.15, -0.1) is 10.2 Å². The van der Waals surface area contributed by atoms with Crippen LogP contribution in [-0.4, -0.2) is 16.1 Å². The van der Waals surface area contributed by atoms with Crippen LogP contribution in [0.5, 0.6) is 0 Å². The second kappa shape index (κ2) is 7.41. The molecule has 0 spiro atoms. The fraction of sp³-hybridized carbons (Fsp3) is 0.158. The Morgan fingerprint density at radius 2 is 2.00 bits per heavy atom. The van der Waals surface area contributed by atoms with E-state index in [-0.39, 0.29) is 12.3 Å². The Labute approximate surface area is 145 Å². The quantitative estimate of drug-likeness (QED) is 0.772. The summed E-state index contributed by atoms with van der Waals surface area (Å²) in [6, 6.07) is 16.6. The number of hydrogen-bond acceptors (Lipinski definition) is 5. The number of aromatic nitrogens is 2. The second-order valence-corrected chi connectivity index (χ2v) is 5.61. The molecule has 2 aromatic carbocycles. The maximum absolute atomic E-state index is 12.0. The van der Waals surface area contributed by atoms with Gasteiger partial charge in [-0.1, -0.05) is 23.8 Å². The highest BCUT2D eigenvalue weighted by Crippen LogP contribution is 2.19. The summed E-state index contributed by atoms with van der Waals surface area (Å²) in [5, 5.41) is 19.6. The van der Waals surface area contributed by atoms with Crippen LogP contribution in [0.2, 0.25) is 0 Å². The van der Waals surface area contributed by atoms with Gasteiger partial charge in [-0.05, 0) is 37.3 Å². The zero-order valence-corrected chi connectivity index (χ0v) is 13.7.